The fraction of sp³-hybridized carbons (Fsp3) is 0.684. The van der Waals surface area contributed by atoms with E-state index in [1.165, 1.54) is 24.8 Å². The van der Waals surface area contributed by atoms with Crippen LogP contribution in [0.25, 0.3) is 0 Å². The van der Waals surface area contributed by atoms with E-state index in [1.807, 2.05) is 0 Å². The number of benzene rings is 1. The molecule has 2 nitrogen and oxygen atoms in total. The van der Waals surface area contributed by atoms with Crippen molar-refractivity contribution in [1.29, 1.82) is 0 Å². The van der Waals surface area contributed by atoms with Gasteiger partial charge in [-0.05, 0) is 61.8 Å². The minimum absolute atomic E-state index is 0.278. The van der Waals surface area contributed by atoms with Gasteiger partial charge in [-0.3, -0.25) is 0 Å². The number of hydrogen-bond donors (Lipinski definition) is 1. The number of rotatable bonds is 5. The van der Waals surface area contributed by atoms with Gasteiger partial charge in [0.15, 0.2) is 0 Å². The van der Waals surface area contributed by atoms with E-state index < -0.39 is 0 Å². The second-order valence-corrected chi connectivity index (χ2v) is 6.91. The minimum Gasteiger partial charge on any atom is -0.489 e. The Bertz CT molecular complexity index is 428. The Kier molecular flexibility index (Phi) is 5.69. The summed E-state index contributed by atoms with van der Waals surface area (Å²) in [5.74, 6) is 3.01. The minimum atomic E-state index is 0.278. The molecule has 0 spiro atoms. The van der Waals surface area contributed by atoms with E-state index in [0.29, 0.717) is 17.9 Å². The van der Waals surface area contributed by atoms with Gasteiger partial charge in [0.2, 0.25) is 0 Å². The molecule has 0 heterocycles. The Morgan fingerprint density at radius 3 is 2.43 bits per heavy atom. The van der Waals surface area contributed by atoms with Crippen molar-refractivity contribution in [3.05, 3.63) is 29.8 Å². The van der Waals surface area contributed by atoms with Crippen molar-refractivity contribution in [3.8, 4) is 5.75 Å². The molecule has 0 bridgehead atoms. The lowest BCUT2D eigenvalue weighted by atomic mass is 9.78. The fourth-order valence-corrected chi connectivity index (χ4v) is 3.58. The highest BCUT2D eigenvalue weighted by Gasteiger charge is 2.34. The second kappa shape index (κ2) is 7.31. The molecule has 0 aliphatic heterocycles. The van der Waals surface area contributed by atoms with E-state index >= 15 is 0 Å². The summed E-state index contributed by atoms with van der Waals surface area (Å²) in [5, 5.41) is 3.45. The highest BCUT2D eigenvalue weighted by atomic mass is 16.5. The maximum absolute atomic E-state index is 6.33. The SMILES string of the molecule is CCC(C)c1ccc(OC2C(C)CC(C)CC2NC)cc1. The molecule has 1 aromatic rings. The second-order valence-electron chi connectivity index (χ2n) is 6.91. The largest absolute Gasteiger partial charge is 0.489 e. The third-order valence-electron chi connectivity index (χ3n) is 5.09. The van der Waals surface area contributed by atoms with E-state index in [1.54, 1.807) is 0 Å². The van der Waals surface area contributed by atoms with Crippen LogP contribution in [0, 0.1) is 11.8 Å². The Morgan fingerprint density at radius 1 is 1.19 bits per heavy atom. The molecular weight excluding hydrogens is 258 g/mol. The number of likely N-dealkylation sites (N-methyl/N-ethyl adjacent to an activating group) is 1. The first-order valence-corrected chi connectivity index (χ1v) is 8.49. The Hall–Kier alpha value is -1.02. The topological polar surface area (TPSA) is 21.3 Å². The first-order chi connectivity index (χ1) is 10.0. The van der Waals surface area contributed by atoms with Crippen LogP contribution in [0.2, 0.25) is 0 Å². The Balaban J connectivity index is 2.05. The quantitative estimate of drug-likeness (QED) is 0.855. The summed E-state index contributed by atoms with van der Waals surface area (Å²) in [4.78, 5) is 0. The van der Waals surface area contributed by atoms with Gasteiger partial charge in [-0.25, -0.2) is 0 Å². The van der Waals surface area contributed by atoms with Crippen molar-refractivity contribution in [2.75, 3.05) is 7.05 Å². The van der Waals surface area contributed by atoms with Crippen LogP contribution in [0.4, 0.5) is 0 Å². The summed E-state index contributed by atoms with van der Waals surface area (Å²) in [5.41, 5.74) is 1.40. The van der Waals surface area contributed by atoms with Gasteiger partial charge in [-0.2, -0.15) is 0 Å². The monoisotopic (exact) mass is 289 g/mol. The number of hydrogen-bond acceptors (Lipinski definition) is 2. The Morgan fingerprint density at radius 2 is 1.86 bits per heavy atom. The average Bonchev–Trinajstić information content (AvgIpc) is 2.49. The standard InChI is InChI=1S/C19H31NO/c1-6-14(3)16-7-9-17(10-8-16)21-19-15(4)11-13(2)12-18(19)20-5/h7-10,13-15,18-20H,6,11-12H2,1-5H3. The van der Waals surface area contributed by atoms with Crippen LogP contribution in [0.3, 0.4) is 0 Å². The zero-order valence-corrected chi connectivity index (χ0v) is 14.2. The molecule has 2 rings (SSSR count). The molecule has 1 fully saturated rings. The molecule has 1 saturated carbocycles. The van der Waals surface area contributed by atoms with E-state index in [0.717, 1.165) is 11.7 Å². The summed E-state index contributed by atoms with van der Waals surface area (Å²) in [6.07, 6.45) is 3.92. The van der Waals surface area contributed by atoms with Crippen LogP contribution in [0.15, 0.2) is 24.3 Å². The molecule has 0 aromatic heterocycles. The zero-order valence-electron chi connectivity index (χ0n) is 14.2. The lowest BCUT2D eigenvalue weighted by Crippen LogP contribution is -2.49. The molecule has 1 aliphatic carbocycles. The molecule has 21 heavy (non-hydrogen) atoms. The van der Waals surface area contributed by atoms with Crippen LogP contribution < -0.4 is 10.1 Å². The highest BCUT2D eigenvalue weighted by molar-refractivity contribution is 5.29. The Labute approximate surface area is 130 Å². The normalized spacial score (nSPS) is 30.9. The van der Waals surface area contributed by atoms with Gasteiger partial charge >= 0.3 is 0 Å². The molecule has 118 valence electrons. The summed E-state index contributed by atoms with van der Waals surface area (Å²) in [7, 11) is 2.05. The van der Waals surface area contributed by atoms with Crippen molar-refractivity contribution < 1.29 is 4.74 Å². The average molecular weight is 289 g/mol. The summed E-state index contributed by atoms with van der Waals surface area (Å²) < 4.78 is 6.33. The lowest BCUT2D eigenvalue weighted by Gasteiger charge is -2.39. The molecule has 5 unspecified atom stereocenters. The predicted octanol–water partition coefficient (Wildman–Crippen LogP) is 4.60. The summed E-state index contributed by atoms with van der Waals surface area (Å²) in [6.45, 7) is 9.17. The van der Waals surface area contributed by atoms with Crippen molar-refractivity contribution >= 4 is 0 Å². The van der Waals surface area contributed by atoms with Gasteiger partial charge in [0.05, 0.1) is 0 Å². The molecule has 1 aromatic carbocycles. The first-order valence-electron chi connectivity index (χ1n) is 8.49. The van der Waals surface area contributed by atoms with Crippen LogP contribution in [0.5, 0.6) is 5.75 Å². The van der Waals surface area contributed by atoms with Crippen molar-refractivity contribution in [1.82, 2.24) is 5.32 Å². The van der Waals surface area contributed by atoms with Crippen molar-refractivity contribution in [2.45, 2.75) is 65.0 Å². The van der Waals surface area contributed by atoms with Crippen LogP contribution >= 0.6 is 0 Å². The molecule has 1 aliphatic rings. The lowest BCUT2D eigenvalue weighted by molar-refractivity contribution is 0.0507. The maximum atomic E-state index is 6.33. The van der Waals surface area contributed by atoms with Crippen LogP contribution in [0.1, 0.15) is 58.4 Å². The third-order valence-corrected chi connectivity index (χ3v) is 5.09. The summed E-state index contributed by atoms with van der Waals surface area (Å²) >= 11 is 0. The van der Waals surface area contributed by atoms with E-state index in [-0.39, 0.29) is 6.10 Å². The molecule has 5 atom stereocenters. The van der Waals surface area contributed by atoms with Crippen molar-refractivity contribution in [2.24, 2.45) is 11.8 Å². The zero-order chi connectivity index (χ0) is 15.4. The van der Waals surface area contributed by atoms with Crippen molar-refractivity contribution in [3.63, 3.8) is 0 Å². The first kappa shape index (κ1) is 16.4. The molecule has 2 heteroatoms. The molecular formula is C19H31NO. The molecule has 0 amide bonds. The van der Waals surface area contributed by atoms with Gasteiger partial charge in [0.25, 0.3) is 0 Å². The van der Waals surface area contributed by atoms with Gasteiger partial charge in [0, 0.05) is 6.04 Å². The molecule has 0 saturated heterocycles. The predicted molar refractivity (Wildman–Crippen MR) is 90.0 cm³/mol. The van der Waals surface area contributed by atoms with E-state index in [9.17, 15) is 0 Å². The van der Waals surface area contributed by atoms with Gasteiger partial charge in [0.1, 0.15) is 11.9 Å². The third kappa shape index (κ3) is 4.00. The molecule has 1 N–H and O–H groups in total. The fourth-order valence-electron chi connectivity index (χ4n) is 3.58. The number of nitrogens with one attached hydrogen (secondary N) is 1. The number of ether oxygens (including phenoxy) is 1. The summed E-state index contributed by atoms with van der Waals surface area (Å²) in [6, 6.07) is 9.16. The molecule has 0 radical (unpaired) electrons. The maximum Gasteiger partial charge on any atom is 0.119 e. The van der Waals surface area contributed by atoms with Gasteiger partial charge in [-0.1, -0.05) is 39.8 Å². The van der Waals surface area contributed by atoms with E-state index in [2.05, 4.69) is 64.3 Å². The van der Waals surface area contributed by atoms with Gasteiger partial charge in [-0.15, -0.1) is 0 Å². The highest BCUT2D eigenvalue weighted by Crippen LogP contribution is 2.32. The van der Waals surface area contributed by atoms with Crippen LogP contribution in [-0.4, -0.2) is 19.2 Å². The van der Waals surface area contributed by atoms with E-state index in [4.69, 9.17) is 4.74 Å². The van der Waals surface area contributed by atoms with Crippen LogP contribution in [-0.2, 0) is 0 Å². The smallest absolute Gasteiger partial charge is 0.119 e. The van der Waals surface area contributed by atoms with Gasteiger partial charge < -0.3 is 10.1 Å².